The lowest BCUT2D eigenvalue weighted by Gasteiger charge is -2.28. The number of hydrogen-bond acceptors (Lipinski definition) is 1. The van der Waals surface area contributed by atoms with Gasteiger partial charge in [-0.05, 0) is 37.0 Å². The topological polar surface area (TPSA) is 12.0 Å². The molecule has 1 unspecified atom stereocenters. The van der Waals surface area contributed by atoms with E-state index in [1.54, 1.807) is 6.07 Å². The van der Waals surface area contributed by atoms with Crippen LogP contribution in [0, 0.1) is 17.6 Å². The number of benzene rings is 1. The summed E-state index contributed by atoms with van der Waals surface area (Å²) in [5, 5.41) is 3.36. The molecule has 1 aromatic rings. The minimum Gasteiger partial charge on any atom is -0.310 e. The Labute approximate surface area is 101 Å². The van der Waals surface area contributed by atoms with Gasteiger partial charge in [-0.3, -0.25) is 0 Å². The maximum absolute atomic E-state index is 13.0. The third kappa shape index (κ3) is 3.50. The molecule has 0 amide bonds. The number of hydrogen-bond donors (Lipinski definition) is 1. The Morgan fingerprint density at radius 3 is 2.65 bits per heavy atom. The smallest absolute Gasteiger partial charge is 0.159 e. The van der Waals surface area contributed by atoms with Gasteiger partial charge in [0, 0.05) is 12.6 Å². The summed E-state index contributed by atoms with van der Waals surface area (Å²) in [7, 11) is 0. The number of rotatable bonds is 5. The maximum Gasteiger partial charge on any atom is 0.159 e. The molecule has 17 heavy (non-hydrogen) atoms. The predicted molar refractivity (Wildman–Crippen MR) is 64.6 cm³/mol. The lowest BCUT2D eigenvalue weighted by Crippen LogP contribution is -2.29. The van der Waals surface area contributed by atoms with Gasteiger partial charge in [-0.1, -0.05) is 25.3 Å². The summed E-state index contributed by atoms with van der Waals surface area (Å²) in [6, 6.07) is 4.51. The minimum absolute atomic E-state index is 0.438. The summed E-state index contributed by atoms with van der Waals surface area (Å²) in [4.78, 5) is 0. The lowest BCUT2D eigenvalue weighted by molar-refractivity contribution is 0.265. The highest BCUT2D eigenvalue weighted by Crippen LogP contribution is 2.30. The first-order valence-electron chi connectivity index (χ1n) is 6.32. The van der Waals surface area contributed by atoms with E-state index in [0.717, 1.165) is 11.5 Å². The second-order valence-electron chi connectivity index (χ2n) is 5.06. The van der Waals surface area contributed by atoms with E-state index in [-0.39, 0.29) is 0 Å². The molecule has 0 aromatic heterocycles. The molecular weight excluding hydrogens is 220 g/mol. The Morgan fingerprint density at radius 1 is 1.29 bits per heavy atom. The van der Waals surface area contributed by atoms with E-state index in [1.807, 2.05) is 0 Å². The zero-order valence-electron chi connectivity index (χ0n) is 10.2. The van der Waals surface area contributed by atoms with E-state index in [9.17, 15) is 8.78 Å². The van der Waals surface area contributed by atoms with Crippen molar-refractivity contribution in [3.8, 4) is 0 Å². The van der Waals surface area contributed by atoms with Crippen LogP contribution >= 0.6 is 0 Å². The van der Waals surface area contributed by atoms with Gasteiger partial charge in [0.05, 0.1) is 0 Å². The Balaban J connectivity index is 1.78. The third-order valence-corrected chi connectivity index (χ3v) is 3.55. The minimum atomic E-state index is -0.781. The summed E-state index contributed by atoms with van der Waals surface area (Å²) in [6.45, 7) is 2.75. The summed E-state index contributed by atoms with van der Waals surface area (Å²) in [5.74, 6) is -0.685. The molecule has 94 valence electrons. The lowest BCUT2D eigenvalue weighted by atomic mass is 9.81. The van der Waals surface area contributed by atoms with E-state index in [2.05, 4.69) is 12.2 Å². The first kappa shape index (κ1) is 12.5. The summed E-state index contributed by atoms with van der Waals surface area (Å²) in [5.41, 5.74) is 0.796. The molecule has 0 aliphatic heterocycles. The fourth-order valence-corrected chi connectivity index (χ4v) is 2.25. The molecule has 1 aliphatic carbocycles. The molecule has 1 aromatic carbocycles. The van der Waals surface area contributed by atoms with Crippen LogP contribution in [0.25, 0.3) is 0 Å². The fraction of sp³-hybridized carbons (Fsp3) is 0.571. The third-order valence-electron chi connectivity index (χ3n) is 3.55. The van der Waals surface area contributed by atoms with Crippen LogP contribution in [0.5, 0.6) is 0 Å². The molecule has 0 heterocycles. The van der Waals surface area contributed by atoms with Crippen molar-refractivity contribution >= 4 is 0 Å². The molecule has 1 nitrogen and oxygen atoms in total. The van der Waals surface area contributed by atoms with Gasteiger partial charge >= 0.3 is 0 Å². The van der Waals surface area contributed by atoms with Crippen molar-refractivity contribution in [3.05, 3.63) is 35.4 Å². The second-order valence-corrected chi connectivity index (χ2v) is 5.06. The van der Waals surface area contributed by atoms with E-state index >= 15 is 0 Å². The van der Waals surface area contributed by atoms with Gasteiger partial charge in [0.15, 0.2) is 11.6 Å². The Hall–Kier alpha value is -0.960. The zero-order chi connectivity index (χ0) is 12.3. The van der Waals surface area contributed by atoms with Crippen LogP contribution in [-0.2, 0) is 6.54 Å². The normalized spacial score (nSPS) is 17.8. The van der Waals surface area contributed by atoms with Crippen molar-refractivity contribution < 1.29 is 8.78 Å². The highest BCUT2D eigenvalue weighted by molar-refractivity contribution is 5.17. The molecule has 0 radical (unpaired) electrons. The van der Waals surface area contributed by atoms with Gasteiger partial charge in [0.1, 0.15) is 0 Å². The van der Waals surface area contributed by atoms with Crippen LogP contribution in [0.2, 0.25) is 0 Å². The molecule has 1 atom stereocenters. The van der Waals surface area contributed by atoms with Crippen LogP contribution in [0.15, 0.2) is 18.2 Å². The Bertz CT molecular complexity index is 374. The Kier molecular flexibility index (Phi) is 4.11. The van der Waals surface area contributed by atoms with E-state index in [0.29, 0.717) is 12.6 Å². The van der Waals surface area contributed by atoms with E-state index < -0.39 is 11.6 Å². The quantitative estimate of drug-likeness (QED) is 0.827. The predicted octanol–water partition coefficient (Wildman–Crippen LogP) is 3.63. The van der Waals surface area contributed by atoms with Gasteiger partial charge in [0.25, 0.3) is 0 Å². The van der Waals surface area contributed by atoms with Gasteiger partial charge in [0.2, 0.25) is 0 Å². The van der Waals surface area contributed by atoms with E-state index in [4.69, 9.17) is 0 Å². The summed E-state index contributed by atoms with van der Waals surface area (Å²) in [6.07, 6.45) is 5.23. The van der Waals surface area contributed by atoms with Crippen LogP contribution in [0.3, 0.4) is 0 Å². The Morgan fingerprint density at radius 2 is 2.06 bits per heavy atom. The molecular formula is C14H19F2N. The van der Waals surface area contributed by atoms with Gasteiger partial charge in [-0.25, -0.2) is 8.78 Å². The number of nitrogens with one attached hydrogen (secondary N) is 1. The molecule has 1 N–H and O–H groups in total. The zero-order valence-corrected chi connectivity index (χ0v) is 10.2. The molecule has 1 aliphatic rings. The van der Waals surface area contributed by atoms with Gasteiger partial charge in [-0.15, -0.1) is 0 Å². The van der Waals surface area contributed by atoms with Crippen LogP contribution < -0.4 is 5.32 Å². The highest BCUT2D eigenvalue weighted by atomic mass is 19.2. The highest BCUT2D eigenvalue weighted by Gasteiger charge is 2.19. The molecule has 1 saturated carbocycles. The first-order chi connectivity index (χ1) is 8.15. The number of halogens is 2. The van der Waals surface area contributed by atoms with Crippen molar-refractivity contribution in [2.24, 2.45) is 5.92 Å². The molecule has 0 bridgehead atoms. The fourth-order valence-electron chi connectivity index (χ4n) is 2.25. The van der Waals surface area contributed by atoms with Crippen molar-refractivity contribution in [2.75, 3.05) is 0 Å². The van der Waals surface area contributed by atoms with Crippen LogP contribution in [0.1, 0.15) is 38.2 Å². The molecule has 1 fully saturated rings. The van der Waals surface area contributed by atoms with Gasteiger partial charge < -0.3 is 5.32 Å². The van der Waals surface area contributed by atoms with Gasteiger partial charge in [-0.2, -0.15) is 0 Å². The van der Waals surface area contributed by atoms with Crippen molar-refractivity contribution in [1.82, 2.24) is 5.32 Å². The van der Waals surface area contributed by atoms with Crippen LogP contribution in [0.4, 0.5) is 8.78 Å². The standard InChI is InChI=1S/C14H19F2N/c1-10(7-11-3-2-4-11)17-9-12-5-6-13(15)14(16)8-12/h5-6,8,10-11,17H,2-4,7,9H2,1H3. The SMILES string of the molecule is CC(CC1CCC1)NCc1ccc(F)c(F)c1. The van der Waals surface area contributed by atoms with Crippen molar-refractivity contribution in [2.45, 2.75) is 45.2 Å². The molecule has 3 heteroatoms. The second kappa shape index (κ2) is 5.58. The average Bonchev–Trinajstić information content (AvgIpc) is 2.25. The van der Waals surface area contributed by atoms with Crippen LogP contribution in [-0.4, -0.2) is 6.04 Å². The first-order valence-corrected chi connectivity index (χ1v) is 6.32. The molecule has 0 spiro atoms. The van der Waals surface area contributed by atoms with Crippen molar-refractivity contribution in [3.63, 3.8) is 0 Å². The maximum atomic E-state index is 13.0. The summed E-state index contributed by atoms with van der Waals surface area (Å²) >= 11 is 0. The summed E-state index contributed by atoms with van der Waals surface area (Å²) < 4.78 is 25.7. The molecule has 2 rings (SSSR count). The largest absolute Gasteiger partial charge is 0.310 e. The van der Waals surface area contributed by atoms with Crippen molar-refractivity contribution in [1.29, 1.82) is 0 Å². The average molecular weight is 239 g/mol. The molecule has 0 saturated heterocycles. The monoisotopic (exact) mass is 239 g/mol. The van der Waals surface area contributed by atoms with E-state index in [1.165, 1.54) is 37.8 Å².